The van der Waals surface area contributed by atoms with E-state index in [-0.39, 0.29) is 42.1 Å². The molecule has 4 heterocycles. The summed E-state index contributed by atoms with van der Waals surface area (Å²) in [4.78, 5) is 4.67. The molecule has 0 amide bonds. The summed E-state index contributed by atoms with van der Waals surface area (Å²) in [5, 5.41) is 2.36. The van der Waals surface area contributed by atoms with Gasteiger partial charge in [-0.2, -0.15) is 36.4 Å². The molecule has 10 rings (SSSR count). The number of ether oxygens (including phenoxy) is 2. The van der Waals surface area contributed by atoms with Crippen molar-refractivity contribution >= 4 is 33.5 Å². The average Bonchev–Trinajstić information content (AvgIpc) is 4.04. The molecule has 3 aromatic heterocycles. The van der Waals surface area contributed by atoms with Gasteiger partial charge in [-0.25, -0.2) is 18.2 Å². The Bertz CT molecular complexity index is 3030. The van der Waals surface area contributed by atoms with Crippen LogP contribution in [0, 0.1) is 42.8 Å². The van der Waals surface area contributed by atoms with Crippen LogP contribution in [0.1, 0.15) is 0 Å². The van der Waals surface area contributed by atoms with Gasteiger partial charge in [0.1, 0.15) is 5.69 Å². The molecule has 9 aromatic rings. The summed E-state index contributed by atoms with van der Waals surface area (Å²) in [6.45, 7) is 0. The predicted octanol–water partition coefficient (Wildman–Crippen LogP) is 10.9. The van der Waals surface area contributed by atoms with Crippen molar-refractivity contribution in [1.82, 2.24) is 14.1 Å². The fraction of sp³-hybridized carbons (Fsp3) is 0.0196. The number of fused-ring (bicyclic) bond motifs is 3. The van der Waals surface area contributed by atoms with Gasteiger partial charge in [0.05, 0.1) is 11.0 Å². The summed E-state index contributed by atoms with van der Waals surface area (Å²) in [5.74, 6) is 2.28. The molecule has 0 saturated carbocycles. The largest absolute Gasteiger partial charge is 4.00 e. The standard InChI is InChI=1S/C45H27N4O2.C6H4N.2Pt/c1-47-23-24-48(31-47)35-12-10-16-39(29-35)51-38-15-9-11-33(26-38)43-28-32(21-22-46-43)34-25-36(30-40(27-34)50-37-13-3-2-4-14-37)49-44-19-7-5-17-41(44)42-18-6-8-20-45(42)49;1-2-7-5-3-4-6-7;;/h2-13,15-20,22-25,28,30H,1H3;3-6H;;/q-3;-1;+2;+4. The third kappa shape index (κ3) is 9.08. The van der Waals surface area contributed by atoms with Gasteiger partial charge in [-0.15, -0.1) is 42.0 Å². The molecule has 0 spiro atoms. The predicted molar refractivity (Wildman–Crippen MR) is 224 cm³/mol. The van der Waals surface area contributed by atoms with Gasteiger partial charge in [-0.1, -0.05) is 81.7 Å². The summed E-state index contributed by atoms with van der Waals surface area (Å²) >= 11 is 0. The molecule has 290 valence electrons. The number of nitrogens with zero attached hydrogens (tertiary/aromatic N) is 5. The normalized spacial score (nSPS) is 11.3. The summed E-state index contributed by atoms with van der Waals surface area (Å²) in [6, 6.07) is 67.8. The first-order valence-electron chi connectivity index (χ1n) is 18.4. The Balaban J connectivity index is 0.000000552. The van der Waals surface area contributed by atoms with E-state index in [0.29, 0.717) is 23.0 Å². The van der Waals surface area contributed by atoms with E-state index in [9.17, 15) is 0 Å². The fourth-order valence-electron chi connectivity index (χ4n) is 6.67. The summed E-state index contributed by atoms with van der Waals surface area (Å²) in [7, 11) is 1.93. The molecule has 0 fully saturated rings. The van der Waals surface area contributed by atoms with Gasteiger partial charge in [-0.3, -0.25) is 11.1 Å². The van der Waals surface area contributed by atoms with Gasteiger partial charge < -0.3 is 30.0 Å². The van der Waals surface area contributed by atoms with E-state index in [4.69, 9.17) is 15.9 Å². The van der Waals surface area contributed by atoms with E-state index in [1.165, 1.54) is 10.8 Å². The first-order chi connectivity index (χ1) is 28.6. The fourth-order valence-corrected chi connectivity index (χ4v) is 6.67. The third-order valence-corrected chi connectivity index (χ3v) is 9.28. The molecular weight excluding hydrogens is 1100 g/mol. The summed E-state index contributed by atoms with van der Waals surface area (Å²) in [6.07, 6.45) is 15.6. The van der Waals surface area contributed by atoms with Gasteiger partial charge >= 0.3 is 48.1 Å². The van der Waals surface area contributed by atoms with Crippen molar-refractivity contribution in [2.75, 3.05) is 7.05 Å². The first kappa shape index (κ1) is 41.4. The quantitative estimate of drug-likeness (QED) is 0.0865. The van der Waals surface area contributed by atoms with Gasteiger partial charge in [-0.05, 0) is 30.0 Å². The van der Waals surface area contributed by atoms with Gasteiger partial charge in [0.25, 0.3) is 6.20 Å². The molecule has 0 saturated heterocycles. The average molecular weight is 1140 g/mol. The molecule has 9 heteroatoms. The van der Waals surface area contributed by atoms with Crippen molar-refractivity contribution < 1.29 is 60.8 Å². The third-order valence-electron chi connectivity index (χ3n) is 9.28. The second-order valence-electron chi connectivity index (χ2n) is 13.2. The van der Waals surface area contributed by atoms with Gasteiger partial charge in [0, 0.05) is 46.2 Å². The van der Waals surface area contributed by atoms with Crippen molar-refractivity contribution in [1.29, 1.82) is 0 Å². The molecule has 7 nitrogen and oxygen atoms in total. The maximum absolute atomic E-state index is 6.57. The zero-order valence-electron chi connectivity index (χ0n) is 31.9. The minimum atomic E-state index is 0. The summed E-state index contributed by atoms with van der Waals surface area (Å²) < 4.78 is 20.1. The van der Waals surface area contributed by atoms with E-state index in [2.05, 4.69) is 107 Å². The molecule has 0 aliphatic carbocycles. The van der Waals surface area contributed by atoms with Gasteiger partial charge in [0.2, 0.25) is 6.20 Å². The second-order valence-corrected chi connectivity index (χ2v) is 13.2. The maximum atomic E-state index is 6.57. The Morgan fingerprint density at radius 1 is 0.650 bits per heavy atom. The van der Waals surface area contributed by atoms with E-state index < -0.39 is 0 Å². The molecule has 0 N–H and O–H groups in total. The molecular formula is C51H31N5O2Pt2+2. The van der Waals surface area contributed by atoms with Crippen LogP contribution in [0.3, 0.4) is 0 Å². The number of rotatable bonds is 8. The molecule has 1 aliphatic heterocycles. The number of pyridine rings is 1. The van der Waals surface area contributed by atoms with E-state index in [1.54, 1.807) is 23.2 Å². The monoisotopic (exact) mass is 1140 g/mol. The van der Waals surface area contributed by atoms with Crippen LogP contribution >= 0.6 is 0 Å². The molecule has 0 radical (unpaired) electrons. The minimum Gasteiger partial charge on any atom is -0.669 e. The Kier molecular flexibility index (Phi) is 13.0. The Labute approximate surface area is 377 Å². The number of hydrogen-bond donors (Lipinski definition) is 0. The Morgan fingerprint density at radius 2 is 1.32 bits per heavy atom. The van der Waals surface area contributed by atoms with E-state index in [1.807, 2.05) is 114 Å². The van der Waals surface area contributed by atoms with Crippen LogP contribution in [0.4, 0.5) is 5.69 Å². The Hall–Kier alpha value is -6.79. The van der Waals surface area contributed by atoms with Crippen molar-refractivity contribution in [3.05, 3.63) is 207 Å². The van der Waals surface area contributed by atoms with Crippen LogP contribution in [0.2, 0.25) is 0 Å². The van der Waals surface area contributed by atoms with Crippen LogP contribution in [-0.2, 0) is 42.1 Å². The molecule has 6 aromatic carbocycles. The van der Waals surface area contributed by atoms with Crippen molar-refractivity contribution in [2.45, 2.75) is 0 Å². The first-order valence-corrected chi connectivity index (χ1v) is 18.4. The number of hydrogen-bond acceptors (Lipinski definition) is 3. The van der Waals surface area contributed by atoms with Crippen molar-refractivity contribution in [3.8, 4) is 57.1 Å². The van der Waals surface area contributed by atoms with Crippen LogP contribution in [0.5, 0.6) is 23.0 Å². The van der Waals surface area contributed by atoms with E-state index in [0.717, 1.165) is 44.8 Å². The number of benzene rings is 6. The van der Waals surface area contributed by atoms with Gasteiger partial charge in [0.15, 0.2) is 7.05 Å². The smallest absolute Gasteiger partial charge is 0.669 e. The SMILES string of the molecule is C[N+]1=C=[N+](c2[c-]c(Oc3[c-]c(-c4cc(-c5[c-]c(Oc6[c-]cccc6)cc(-n6c7ccccc7c7ccccc76)c5)[c-]cn4)ccc3)ccc2)C=C1.[C-]#Cn1cccc1.[Pt+2].[Pt+4]. The van der Waals surface area contributed by atoms with Crippen LogP contribution < -0.4 is 9.47 Å². The van der Waals surface area contributed by atoms with Crippen LogP contribution in [-0.4, -0.2) is 36.3 Å². The van der Waals surface area contributed by atoms with Crippen LogP contribution in [0.25, 0.3) is 49.9 Å². The zero-order chi connectivity index (χ0) is 39.3. The second kappa shape index (κ2) is 18.9. The number of aromatic nitrogens is 3. The summed E-state index contributed by atoms with van der Waals surface area (Å²) in [5.41, 5.74) is 7.06. The molecule has 60 heavy (non-hydrogen) atoms. The minimum absolute atomic E-state index is 0. The van der Waals surface area contributed by atoms with Crippen molar-refractivity contribution in [3.63, 3.8) is 0 Å². The van der Waals surface area contributed by atoms with Crippen molar-refractivity contribution in [2.24, 2.45) is 0 Å². The zero-order valence-corrected chi connectivity index (χ0v) is 36.4. The topological polar surface area (TPSA) is 47.2 Å². The molecule has 0 unspecified atom stereocenters. The Morgan fingerprint density at radius 3 is 2.00 bits per heavy atom. The molecule has 1 aliphatic rings. The van der Waals surface area contributed by atoms with Crippen LogP contribution in [0.15, 0.2) is 171 Å². The maximum Gasteiger partial charge on any atom is 4.00 e. The molecule has 0 atom stereocenters. The van der Waals surface area contributed by atoms with E-state index >= 15 is 0 Å². The number of para-hydroxylation sites is 3. The molecule has 0 bridgehead atoms.